The molecule has 0 radical (unpaired) electrons. The molecular formula is C22H17Cl2NO3. The van der Waals surface area contributed by atoms with Crippen molar-refractivity contribution in [3.8, 4) is 11.1 Å². The summed E-state index contributed by atoms with van der Waals surface area (Å²) in [5, 5.41) is 3.39. The summed E-state index contributed by atoms with van der Waals surface area (Å²) in [6, 6.07) is 19.6. The first kappa shape index (κ1) is 19.9. The lowest BCUT2D eigenvalue weighted by Crippen LogP contribution is -2.21. The van der Waals surface area contributed by atoms with Crippen LogP contribution in [-0.4, -0.2) is 18.5 Å². The van der Waals surface area contributed by atoms with Gasteiger partial charge < -0.3 is 10.1 Å². The van der Waals surface area contributed by atoms with Gasteiger partial charge >= 0.3 is 5.97 Å². The third-order valence-corrected chi connectivity index (χ3v) is 4.43. The van der Waals surface area contributed by atoms with Crippen molar-refractivity contribution in [1.29, 1.82) is 0 Å². The largest absolute Gasteiger partial charge is 0.452 e. The fraction of sp³-hybridized carbons (Fsp3) is 0.0909. The molecule has 0 saturated carbocycles. The van der Waals surface area contributed by atoms with Crippen molar-refractivity contribution in [3.63, 3.8) is 0 Å². The maximum absolute atomic E-state index is 12.5. The number of benzene rings is 3. The summed E-state index contributed by atoms with van der Waals surface area (Å²) < 4.78 is 5.19. The van der Waals surface area contributed by atoms with E-state index < -0.39 is 18.5 Å². The van der Waals surface area contributed by atoms with E-state index in [-0.39, 0.29) is 0 Å². The molecule has 0 fully saturated rings. The van der Waals surface area contributed by atoms with Crippen LogP contribution in [0.2, 0.25) is 10.0 Å². The third-order valence-electron chi connectivity index (χ3n) is 3.99. The van der Waals surface area contributed by atoms with Gasteiger partial charge in [-0.05, 0) is 42.3 Å². The number of ether oxygens (including phenoxy) is 1. The molecule has 142 valence electrons. The number of amides is 1. The van der Waals surface area contributed by atoms with Gasteiger partial charge in [0, 0.05) is 15.7 Å². The van der Waals surface area contributed by atoms with Gasteiger partial charge in [-0.3, -0.25) is 4.79 Å². The van der Waals surface area contributed by atoms with E-state index >= 15 is 0 Å². The lowest BCUT2D eigenvalue weighted by Gasteiger charge is -2.11. The second kappa shape index (κ2) is 8.91. The summed E-state index contributed by atoms with van der Waals surface area (Å²) in [6.07, 6.45) is 0. The average Bonchev–Trinajstić information content (AvgIpc) is 2.66. The Balaban J connectivity index is 1.68. The zero-order valence-corrected chi connectivity index (χ0v) is 16.6. The number of rotatable bonds is 5. The molecule has 6 heteroatoms. The van der Waals surface area contributed by atoms with Crippen LogP contribution < -0.4 is 5.32 Å². The van der Waals surface area contributed by atoms with Crippen LogP contribution in [0, 0.1) is 6.92 Å². The van der Waals surface area contributed by atoms with Gasteiger partial charge in [0.1, 0.15) is 0 Å². The van der Waals surface area contributed by atoms with Gasteiger partial charge in [-0.1, -0.05) is 71.2 Å². The van der Waals surface area contributed by atoms with Crippen LogP contribution in [0.25, 0.3) is 11.1 Å². The van der Waals surface area contributed by atoms with Crippen molar-refractivity contribution in [2.24, 2.45) is 0 Å². The number of esters is 1. The number of hydrogen-bond donors (Lipinski definition) is 1. The Morgan fingerprint density at radius 2 is 1.57 bits per heavy atom. The van der Waals surface area contributed by atoms with Gasteiger partial charge in [0.25, 0.3) is 5.91 Å². The van der Waals surface area contributed by atoms with Crippen LogP contribution in [0.5, 0.6) is 0 Å². The number of anilines is 1. The minimum Gasteiger partial charge on any atom is -0.452 e. The smallest absolute Gasteiger partial charge is 0.339 e. The summed E-state index contributed by atoms with van der Waals surface area (Å²) in [6.45, 7) is 1.57. The Kier molecular flexibility index (Phi) is 6.34. The molecule has 0 aliphatic heterocycles. The van der Waals surface area contributed by atoms with E-state index in [2.05, 4.69) is 5.32 Å². The van der Waals surface area contributed by atoms with E-state index in [0.29, 0.717) is 21.3 Å². The van der Waals surface area contributed by atoms with Gasteiger partial charge in [-0.25, -0.2) is 4.79 Å². The van der Waals surface area contributed by atoms with Gasteiger partial charge in [-0.2, -0.15) is 0 Å². The first-order valence-corrected chi connectivity index (χ1v) is 9.27. The lowest BCUT2D eigenvalue weighted by atomic mass is 9.99. The third kappa shape index (κ3) is 5.12. The standard InChI is InChI=1S/C22H17Cl2NO3/c1-14-6-8-15(9-7-14)19-4-2-3-5-20(19)22(27)28-13-21(26)25-18-11-16(23)10-17(24)12-18/h2-12H,13H2,1H3,(H,25,26). The second-order valence-corrected chi connectivity index (χ2v) is 7.07. The van der Waals surface area contributed by atoms with Crippen LogP contribution in [0.3, 0.4) is 0 Å². The number of aryl methyl sites for hydroxylation is 1. The number of nitrogens with one attached hydrogen (secondary N) is 1. The van der Waals surface area contributed by atoms with Crippen molar-refractivity contribution in [2.75, 3.05) is 11.9 Å². The minimum atomic E-state index is -0.574. The van der Waals surface area contributed by atoms with E-state index in [4.69, 9.17) is 27.9 Å². The highest BCUT2D eigenvalue weighted by atomic mass is 35.5. The fourth-order valence-electron chi connectivity index (χ4n) is 2.68. The second-order valence-electron chi connectivity index (χ2n) is 6.19. The highest BCUT2D eigenvalue weighted by Gasteiger charge is 2.15. The zero-order valence-electron chi connectivity index (χ0n) is 15.0. The van der Waals surface area contributed by atoms with Crippen molar-refractivity contribution >= 4 is 40.8 Å². The summed E-state index contributed by atoms with van der Waals surface area (Å²) in [4.78, 5) is 24.6. The molecule has 3 aromatic carbocycles. The molecule has 3 aromatic rings. The fourth-order valence-corrected chi connectivity index (χ4v) is 3.20. The van der Waals surface area contributed by atoms with E-state index in [1.165, 1.54) is 0 Å². The first-order valence-electron chi connectivity index (χ1n) is 8.51. The number of carbonyl (C=O) groups is 2. The van der Waals surface area contributed by atoms with Crippen molar-refractivity contribution < 1.29 is 14.3 Å². The molecule has 0 spiro atoms. The summed E-state index contributed by atoms with van der Waals surface area (Å²) in [5.74, 6) is -1.06. The van der Waals surface area contributed by atoms with E-state index in [1.54, 1.807) is 30.3 Å². The molecule has 0 aromatic heterocycles. The average molecular weight is 414 g/mol. The van der Waals surface area contributed by atoms with E-state index in [0.717, 1.165) is 16.7 Å². The molecule has 1 N–H and O–H groups in total. The Morgan fingerprint density at radius 1 is 0.929 bits per heavy atom. The topological polar surface area (TPSA) is 55.4 Å². The number of halogens is 2. The van der Waals surface area contributed by atoms with Gasteiger partial charge in [-0.15, -0.1) is 0 Å². The SMILES string of the molecule is Cc1ccc(-c2ccccc2C(=O)OCC(=O)Nc2cc(Cl)cc(Cl)c2)cc1. The van der Waals surface area contributed by atoms with Crippen molar-refractivity contribution in [1.82, 2.24) is 0 Å². The molecule has 1 amide bonds. The van der Waals surface area contributed by atoms with Crippen molar-refractivity contribution in [3.05, 3.63) is 87.9 Å². The van der Waals surface area contributed by atoms with E-state index in [9.17, 15) is 9.59 Å². The molecular weight excluding hydrogens is 397 g/mol. The van der Waals surface area contributed by atoms with Crippen LogP contribution >= 0.6 is 23.2 Å². The first-order chi connectivity index (χ1) is 13.4. The van der Waals surface area contributed by atoms with Crippen LogP contribution in [0.15, 0.2) is 66.7 Å². The minimum absolute atomic E-state index is 0.393. The van der Waals surface area contributed by atoms with Crippen LogP contribution in [-0.2, 0) is 9.53 Å². The molecule has 0 aliphatic carbocycles. The molecule has 0 unspecified atom stereocenters. The predicted octanol–water partition coefficient (Wildman–Crippen LogP) is 5.76. The molecule has 0 aliphatic rings. The Bertz CT molecular complexity index is 996. The van der Waals surface area contributed by atoms with E-state index in [1.807, 2.05) is 43.3 Å². The van der Waals surface area contributed by atoms with Crippen molar-refractivity contribution in [2.45, 2.75) is 6.92 Å². The van der Waals surface area contributed by atoms with Gasteiger partial charge in [0.05, 0.1) is 5.56 Å². The quantitative estimate of drug-likeness (QED) is 0.540. The summed E-state index contributed by atoms with van der Waals surface area (Å²) in [7, 11) is 0. The van der Waals surface area contributed by atoms with Crippen LogP contribution in [0.4, 0.5) is 5.69 Å². The molecule has 3 rings (SSSR count). The highest BCUT2D eigenvalue weighted by Crippen LogP contribution is 2.25. The summed E-state index contributed by atoms with van der Waals surface area (Å²) >= 11 is 11.8. The molecule has 0 saturated heterocycles. The molecule has 28 heavy (non-hydrogen) atoms. The Labute approximate surface area is 173 Å². The normalized spacial score (nSPS) is 10.4. The summed E-state index contributed by atoms with van der Waals surface area (Å²) in [5.41, 5.74) is 3.59. The monoisotopic (exact) mass is 413 g/mol. The lowest BCUT2D eigenvalue weighted by molar-refractivity contribution is -0.119. The highest BCUT2D eigenvalue weighted by molar-refractivity contribution is 6.35. The molecule has 0 heterocycles. The van der Waals surface area contributed by atoms with Gasteiger partial charge in [0.2, 0.25) is 0 Å². The Hall–Kier alpha value is -2.82. The number of carbonyl (C=O) groups excluding carboxylic acids is 2. The maximum atomic E-state index is 12.5. The van der Waals surface area contributed by atoms with Crippen LogP contribution in [0.1, 0.15) is 15.9 Å². The Morgan fingerprint density at radius 3 is 2.25 bits per heavy atom. The van der Waals surface area contributed by atoms with Gasteiger partial charge in [0.15, 0.2) is 6.61 Å². The maximum Gasteiger partial charge on any atom is 0.339 e. The molecule has 4 nitrogen and oxygen atoms in total. The molecule has 0 atom stereocenters. The number of hydrogen-bond acceptors (Lipinski definition) is 3. The zero-order chi connectivity index (χ0) is 20.1. The molecule has 0 bridgehead atoms. The predicted molar refractivity (Wildman–Crippen MR) is 112 cm³/mol.